The van der Waals surface area contributed by atoms with Gasteiger partial charge in [-0.05, 0) is 26.8 Å². The van der Waals surface area contributed by atoms with E-state index in [4.69, 9.17) is 4.84 Å². The Balaban J connectivity index is 1.76. The summed E-state index contributed by atoms with van der Waals surface area (Å²) in [5.74, 6) is -0.124. The Bertz CT molecular complexity index is 815. The molecule has 0 saturated heterocycles. The molecule has 3 rings (SSSR count). The van der Waals surface area contributed by atoms with Crippen LogP contribution in [-0.2, 0) is 16.2 Å². The Morgan fingerprint density at radius 3 is 2.92 bits per heavy atom. The number of halogens is 1. The van der Waals surface area contributed by atoms with Crippen molar-refractivity contribution in [1.82, 2.24) is 9.78 Å². The summed E-state index contributed by atoms with van der Waals surface area (Å²) in [6.07, 6.45) is 0.193. The first kappa shape index (κ1) is 16.2. The van der Waals surface area contributed by atoms with E-state index in [0.717, 1.165) is 5.69 Å². The molecule has 1 amide bonds. The number of benzene rings is 1. The lowest BCUT2D eigenvalue weighted by molar-refractivity contribution is -0.136. The number of aromatic nitrogens is 2. The van der Waals surface area contributed by atoms with Gasteiger partial charge in [0.15, 0.2) is 0 Å². The van der Waals surface area contributed by atoms with Gasteiger partial charge in [0.25, 0.3) is 5.91 Å². The quantitative estimate of drug-likeness (QED) is 0.937. The number of oxime groups is 1. The molecule has 0 aliphatic carbocycles. The lowest BCUT2D eigenvalue weighted by atomic mass is 9.95. The number of amides is 1. The molecule has 0 bridgehead atoms. The molecule has 1 aliphatic rings. The van der Waals surface area contributed by atoms with Gasteiger partial charge in [-0.1, -0.05) is 23.4 Å². The summed E-state index contributed by atoms with van der Waals surface area (Å²) < 4.78 is 15.6. The lowest BCUT2D eigenvalue weighted by Crippen LogP contribution is -2.40. The highest BCUT2D eigenvalue weighted by Crippen LogP contribution is 2.29. The van der Waals surface area contributed by atoms with Gasteiger partial charge in [0.2, 0.25) is 5.60 Å². The Morgan fingerprint density at radius 2 is 2.21 bits per heavy atom. The predicted molar refractivity (Wildman–Crippen MR) is 88.3 cm³/mol. The summed E-state index contributed by atoms with van der Waals surface area (Å²) in [5, 5.41) is 11.0. The Kier molecular flexibility index (Phi) is 4.09. The number of nitrogens with one attached hydrogen (secondary N) is 1. The summed E-state index contributed by atoms with van der Waals surface area (Å²) >= 11 is 0. The van der Waals surface area contributed by atoms with Crippen LogP contribution in [0.15, 0.2) is 35.5 Å². The maximum atomic E-state index is 13.9. The van der Waals surface area contributed by atoms with E-state index >= 15 is 0 Å². The number of aryl methyl sites for hydroxylation is 2. The van der Waals surface area contributed by atoms with Gasteiger partial charge in [-0.3, -0.25) is 4.79 Å². The third kappa shape index (κ3) is 2.89. The highest BCUT2D eigenvalue weighted by molar-refractivity contribution is 6.07. The minimum absolute atomic E-state index is 0.193. The zero-order chi connectivity index (χ0) is 17.3. The number of carbonyl (C=O) groups is 1. The second-order valence-corrected chi connectivity index (χ2v) is 5.96. The summed E-state index contributed by atoms with van der Waals surface area (Å²) in [7, 11) is 0. The van der Waals surface area contributed by atoms with E-state index < -0.39 is 5.60 Å². The molecule has 0 spiro atoms. The van der Waals surface area contributed by atoms with Crippen molar-refractivity contribution in [1.29, 1.82) is 0 Å². The van der Waals surface area contributed by atoms with E-state index in [1.807, 2.05) is 13.8 Å². The molecule has 7 heteroatoms. The van der Waals surface area contributed by atoms with Crippen LogP contribution in [0.3, 0.4) is 0 Å². The fourth-order valence-electron chi connectivity index (χ4n) is 2.64. The fraction of sp³-hybridized carbons (Fsp3) is 0.353. The van der Waals surface area contributed by atoms with Crippen LogP contribution >= 0.6 is 0 Å². The summed E-state index contributed by atoms with van der Waals surface area (Å²) in [6.45, 7) is 6.07. The molecule has 1 aliphatic heterocycles. The van der Waals surface area contributed by atoms with Crippen molar-refractivity contribution in [2.75, 3.05) is 5.32 Å². The first-order chi connectivity index (χ1) is 11.4. The van der Waals surface area contributed by atoms with E-state index in [1.165, 1.54) is 6.07 Å². The summed E-state index contributed by atoms with van der Waals surface area (Å²) in [6, 6.07) is 8.10. The third-order valence-electron chi connectivity index (χ3n) is 3.97. The van der Waals surface area contributed by atoms with Crippen molar-refractivity contribution in [3.63, 3.8) is 0 Å². The molecule has 0 radical (unpaired) electrons. The molecule has 0 unspecified atom stereocenters. The fourth-order valence-corrected chi connectivity index (χ4v) is 2.64. The second-order valence-electron chi connectivity index (χ2n) is 5.96. The molecular formula is C17H19FN4O2. The molecular weight excluding hydrogens is 311 g/mol. The van der Waals surface area contributed by atoms with E-state index in [1.54, 1.807) is 35.9 Å². The molecule has 6 nitrogen and oxygen atoms in total. The largest absolute Gasteiger partial charge is 0.379 e. The maximum absolute atomic E-state index is 13.9. The average molecular weight is 330 g/mol. The normalized spacial score (nSPS) is 19.8. The third-order valence-corrected chi connectivity index (χ3v) is 3.97. The number of hydrogen-bond donors (Lipinski definition) is 1. The van der Waals surface area contributed by atoms with Gasteiger partial charge in [-0.2, -0.15) is 5.10 Å². The average Bonchev–Trinajstić information content (AvgIpc) is 3.11. The van der Waals surface area contributed by atoms with Crippen LogP contribution in [0.2, 0.25) is 0 Å². The molecule has 1 aromatic heterocycles. The van der Waals surface area contributed by atoms with Gasteiger partial charge in [-0.25, -0.2) is 9.07 Å². The van der Waals surface area contributed by atoms with Crippen molar-refractivity contribution < 1.29 is 14.0 Å². The van der Waals surface area contributed by atoms with Gasteiger partial charge < -0.3 is 10.2 Å². The predicted octanol–water partition coefficient (Wildman–Crippen LogP) is 2.87. The first-order valence-corrected chi connectivity index (χ1v) is 7.79. The number of carbonyl (C=O) groups excluding carboxylic acids is 1. The second kappa shape index (κ2) is 6.07. The Hall–Kier alpha value is -2.70. The molecule has 1 N–H and O–H groups in total. The molecule has 126 valence electrons. The van der Waals surface area contributed by atoms with Gasteiger partial charge in [0.05, 0.1) is 11.4 Å². The molecule has 2 aromatic rings. The van der Waals surface area contributed by atoms with Gasteiger partial charge >= 0.3 is 0 Å². The number of rotatable bonds is 4. The number of anilines is 1. The molecule has 1 atom stereocenters. The summed E-state index contributed by atoms with van der Waals surface area (Å²) in [4.78, 5) is 18.0. The van der Waals surface area contributed by atoms with Gasteiger partial charge in [-0.15, -0.1) is 0 Å². The van der Waals surface area contributed by atoms with Crippen LogP contribution in [0.4, 0.5) is 10.2 Å². The standard InChI is InChI=1S/C17H19FN4O2/c1-4-22-15(9-11(2)20-22)19-16(23)17(3)10-14(21-24-17)12-7-5-6-8-13(12)18/h5-9H,4,10H2,1-3H3,(H,19,23)/t17-/m0/s1. The number of hydrogen-bond acceptors (Lipinski definition) is 4. The van der Waals surface area contributed by atoms with E-state index in [9.17, 15) is 9.18 Å². The molecule has 2 heterocycles. The van der Waals surface area contributed by atoms with Gasteiger partial charge in [0.1, 0.15) is 11.6 Å². The van der Waals surface area contributed by atoms with Crippen LogP contribution in [-0.4, -0.2) is 27.0 Å². The molecule has 0 fully saturated rings. The van der Waals surface area contributed by atoms with Crippen molar-refractivity contribution in [3.05, 3.63) is 47.4 Å². The van der Waals surface area contributed by atoms with Crippen LogP contribution in [0.5, 0.6) is 0 Å². The lowest BCUT2D eigenvalue weighted by Gasteiger charge is -2.20. The van der Waals surface area contributed by atoms with E-state index in [2.05, 4.69) is 15.6 Å². The van der Waals surface area contributed by atoms with Crippen molar-refractivity contribution in [2.45, 2.75) is 39.3 Å². The van der Waals surface area contributed by atoms with Crippen LogP contribution < -0.4 is 5.32 Å². The van der Waals surface area contributed by atoms with E-state index in [0.29, 0.717) is 23.6 Å². The molecule has 1 aromatic carbocycles. The summed E-state index contributed by atoms with van der Waals surface area (Å²) in [5.41, 5.74) is 0.399. The minimum atomic E-state index is -1.19. The number of nitrogens with zero attached hydrogens (tertiary/aromatic N) is 3. The molecule has 0 saturated carbocycles. The first-order valence-electron chi connectivity index (χ1n) is 7.79. The maximum Gasteiger partial charge on any atom is 0.272 e. The highest BCUT2D eigenvalue weighted by Gasteiger charge is 2.43. The van der Waals surface area contributed by atoms with Crippen molar-refractivity contribution in [2.24, 2.45) is 5.16 Å². The zero-order valence-corrected chi connectivity index (χ0v) is 13.8. The monoisotopic (exact) mass is 330 g/mol. The zero-order valence-electron chi connectivity index (χ0n) is 13.8. The highest BCUT2D eigenvalue weighted by atomic mass is 19.1. The van der Waals surface area contributed by atoms with E-state index in [-0.39, 0.29) is 18.1 Å². The van der Waals surface area contributed by atoms with Crippen LogP contribution in [0, 0.1) is 12.7 Å². The van der Waals surface area contributed by atoms with Gasteiger partial charge in [0, 0.05) is 24.6 Å². The Morgan fingerprint density at radius 1 is 1.46 bits per heavy atom. The molecule has 24 heavy (non-hydrogen) atoms. The van der Waals surface area contributed by atoms with Crippen molar-refractivity contribution >= 4 is 17.4 Å². The Labute approximate surface area is 139 Å². The topological polar surface area (TPSA) is 68.5 Å². The smallest absolute Gasteiger partial charge is 0.272 e. The van der Waals surface area contributed by atoms with Crippen molar-refractivity contribution in [3.8, 4) is 0 Å². The van der Waals surface area contributed by atoms with Crippen LogP contribution in [0.1, 0.15) is 31.5 Å². The minimum Gasteiger partial charge on any atom is -0.379 e. The van der Waals surface area contributed by atoms with Crippen LogP contribution in [0.25, 0.3) is 0 Å². The SMILES string of the molecule is CCn1nc(C)cc1NC(=O)[C@]1(C)CC(c2ccccc2F)=NO1.